The highest BCUT2D eigenvalue weighted by Crippen LogP contribution is 2.25. The number of aliphatic hydroxyl groups is 1. The molecular formula is C10H13FN2O3S. The van der Waals surface area contributed by atoms with Gasteiger partial charge in [-0.25, -0.2) is 17.9 Å². The molecule has 1 unspecified atom stereocenters. The van der Waals surface area contributed by atoms with Crippen molar-refractivity contribution < 1.29 is 17.9 Å². The van der Waals surface area contributed by atoms with Crippen molar-refractivity contribution in [1.29, 1.82) is 0 Å². The molecule has 0 amide bonds. The minimum absolute atomic E-state index is 0.251. The van der Waals surface area contributed by atoms with Crippen LogP contribution in [-0.4, -0.2) is 32.7 Å². The topological polar surface area (TPSA) is 83.6 Å². The number of nitrogens with zero attached hydrogens (tertiary/aromatic N) is 1. The summed E-state index contributed by atoms with van der Waals surface area (Å²) in [5.41, 5.74) is 0.286. The fourth-order valence-corrected chi connectivity index (χ4v) is 2.41. The zero-order valence-electron chi connectivity index (χ0n) is 9.01. The highest BCUT2D eigenvalue weighted by Gasteiger charge is 2.23. The maximum atomic E-state index is 13.7. The normalized spacial score (nSPS) is 20.9. The lowest BCUT2D eigenvalue weighted by Gasteiger charge is -2.18. The van der Waals surface area contributed by atoms with E-state index < -0.39 is 21.9 Å². The second-order valence-electron chi connectivity index (χ2n) is 4.05. The van der Waals surface area contributed by atoms with E-state index in [0.29, 0.717) is 19.5 Å². The van der Waals surface area contributed by atoms with Gasteiger partial charge in [0.15, 0.2) is 0 Å². The first kappa shape index (κ1) is 12.3. The van der Waals surface area contributed by atoms with E-state index in [1.165, 1.54) is 12.1 Å². The number of sulfonamides is 1. The molecule has 7 heteroatoms. The monoisotopic (exact) mass is 260 g/mol. The number of halogens is 1. The lowest BCUT2D eigenvalue weighted by molar-refractivity contribution is 0.198. The number of β-amino-alcohol motifs (C(OH)–C–C–N with tert-alkyl or cyclic N) is 1. The Morgan fingerprint density at radius 2 is 2.18 bits per heavy atom. The molecule has 1 heterocycles. The molecule has 2 rings (SSSR count). The first-order chi connectivity index (χ1) is 7.88. The highest BCUT2D eigenvalue weighted by atomic mass is 32.2. The number of hydrogen-bond acceptors (Lipinski definition) is 4. The van der Waals surface area contributed by atoms with Gasteiger partial charge in [-0.05, 0) is 24.6 Å². The van der Waals surface area contributed by atoms with Gasteiger partial charge in [-0.15, -0.1) is 0 Å². The van der Waals surface area contributed by atoms with E-state index in [1.54, 1.807) is 4.90 Å². The summed E-state index contributed by atoms with van der Waals surface area (Å²) in [5.74, 6) is -0.648. The van der Waals surface area contributed by atoms with Gasteiger partial charge in [0.1, 0.15) is 5.82 Å². The third kappa shape index (κ3) is 2.56. The number of nitrogens with two attached hydrogens (primary N) is 1. The number of aliphatic hydroxyl groups excluding tert-OH is 1. The average molecular weight is 260 g/mol. The molecule has 0 radical (unpaired) electrons. The summed E-state index contributed by atoms with van der Waals surface area (Å²) >= 11 is 0. The van der Waals surface area contributed by atoms with Crippen LogP contribution in [0.15, 0.2) is 23.1 Å². The van der Waals surface area contributed by atoms with Gasteiger partial charge in [0, 0.05) is 13.1 Å². The fraction of sp³-hybridized carbons (Fsp3) is 0.400. The van der Waals surface area contributed by atoms with Crippen LogP contribution in [0.5, 0.6) is 0 Å². The third-order valence-corrected chi connectivity index (χ3v) is 3.66. The summed E-state index contributed by atoms with van der Waals surface area (Å²) in [5, 5.41) is 14.3. The zero-order valence-corrected chi connectivity index (χ0v) is 9.82. The minimum atomic E-state index is -3.88. The Balaban J connectivity index is 2.32. The molecule has 1 aliphatic rings. The molecule has 0 aromatic heterocycles. The molecule has 94 valence electrons. The van der Waals surface area contributed by atoms with Crippen LogP contribution in [0.2, 0.25) is 0 Å². The van der Waals surface area contributed by atoms with E-state index >= 15 is 0 Å². The van der Waals surface area contributed by atoms with Crippen molar-refractivity contribution >= 4 is 15.7 Å². The summed E-state index contributed by atoms with van der Waals surface area (Å²) in [6.07, 6.45) is 0.114. The van der Waals surface area contributed by atoms with E-state index in [2.05, 4.69) is 0 Å². The molecule has 0 aliphatic carbocycles. The van der Waals surface area contributed by atoms with E-state index in [4.69, 9.17) is 5.14 Å². The van der Waals surface area contributed by atoms with Crippen molar-refractivity contribution in [1.82, 2.24) is 0 Å². The maximum absolute atomic E-state index is 13.7. The molecule has 5 nitrogen and oxygen atoms in total. The first-order valence-electron chi connectivity index (χ1n) is 5.13. The largest absolute Gasteiger partial charge is 0.391 e. The van der Waals surface area contributed by atoms with Crippen LogP contribution in [0.1, 0.15) is 6.42 Å². The van der Waals surface area contributed by atoms with Gasteiger partial charge in [-0.1, -0.05) is 0 Å². The average Bonchev–Trinajstić information content (AvgIpc) is 2.63. The van der Waals surface area contributed by atoms with Crippen molar-refractivity contribution in [3.63, 3.8) is 0 Å². The van der Waals surface area contributed by atoms with Crippen LogP contribution in [0.4, 0.5) is 10.1 Å². The molecule has 0 bridgehead atoms. The van der Waals surface area contributed by atoms with Gasteiger partial charge in [0.2, 0.25) is 10.0 Å². The Bertz CT molecular complexity index is 532. The van der Waals surface area contributed by atoms with Gasteiger partial charge in [-0.2, -0.15) is 0 Å². The molecule has 1 fully saturated rings. The first-order valence-corrected chi connectivity index (χ1v) is 6.68. The summed E-state index contributed by atoms with van der Waals surface area (Å²) < 4.78 is 35.8. The number of primary sulfonamides is 1. The second kappa shape index (κ2) is 4.25. The van der Waals surface area contributed by atoms with Crippen LogP contribution < -0.4 is 10.0 Å². The number of rotatable bonds is 2. The zero-order chi connectivity index (χ0) is 12.6. The maximum Gasteiger partial charge on any atom is 0.238 e. The summed E-state index contributed by atoms with van der Waals surface area (Å²) in [4.78, 5) is 1.42. The molecule has 17 heavy (non-hydrogen) atoms. The van der Waals surface area contributed by atoms with E-state index in [0.717, 1.165) is 6.07 Å². The molecule has 1 aliphatic heterocycles. The summed E-state index contributed by atoms with van der Waals surface area (Å²) in [7, 11) is -3.88. The van der Waals surface area contributed by atoms with Crippen molar-refractivity contribution in [2.45, 2.75) is 17.4 Å². The van der Waals surface area contributed by atoms with Crippen molar-refractivity contribution in [3.05, 3.63) is 24.0 Å². The summed E-state index contributed by atoms with van der Waals surface area (Å²) in [6, 6.07) is 3.53. The van der Waals surface area contributed by atoms with Gasteiger partial charge in [-0.3, -0.25) is 0 Å². The lowest BCUT2D eigenvalue weighted by Crippen LogP contribution is -2.22. The molecule has 0 saturated carbocycles. The third-order valence-electron chi connectivity index (χ3n) is 2.75. The van der Waals surface area contributed by atoms with Crippen LogP contribution in [0.25, 0.3) is 0 Å². The van der Waals surface area contributed by atoms with Crippen molar-refractivity contribution in [3.8, 4) is 0 Å². The van der Waals surface area contributed by atoms with E-state index in [1.807, 2.05) is 0 Å². The Labute approximate surface area is 98.7 Å². The van der Waals surface area contributed by atoms with Crippen molar-refractivity contribution in [2.75, 3.05) is 18.0 Å². The van der Waals surface area contributed by atoms with E-state index in [9.17, 15) is 17.9 Å². The van der Waals surface area contributed by atoms with Crippen molar-refractivity contribution in [2.24, 2.45) is 5.14 Å². The molecule has 1 aromatic rings. The predicted molar refractivity (Wildman–Crippen MR) is 60.6 cm³/mol. The predicted octanol–water partition coefficient (Wildman–Crippen LogP) is 0.0441. The molecule has 0 spiro atoms. The van der Waals surface area contributed by atoms with Gasteiger partial charge >= 0.3 is 0 Å². The standard InChI is InChI=1S/C10H13FN2O3S/c11-9-5-8(17(12,15)16)1-2-10(9)13-4-3-7(14)6-13/h1-2,5,7,14H,3-4,6H2,(H2,12,15,16). The van der Waals surface area contributed by atoms with Gasteiger partial charge in [0.25, 0.3) is 0 Å². The smallest absolute Gasteiger partial charge is 0.238 e. The van der Waals surface area contributed by atoms with Gasteiger partial charge in [0.05, 0.1) is 16.7 Å². The SMILES string of the molecule is NS(=O)(=O)c1ccc(N2CCC(O)C2)c(F)c1. The van der Waals surface area contributed by atoms with E-state index in [-0.39, 0.29) is 10.6 Å². The highest BCUT2D eigenvalue weighted by molar-refractivity contribution is 7.89. The quantitative estimate of drug-likeness (QED) is 0.786. The van der Waals surface area contributed by atoms with Crippen LogP contribution in [0, 0.1) is 5.82 Å². The minimum Gasteiger partial charge on any atom is -0.391 e. The molecule has 3 N–H and O–H groups in total. The van der Waals surface area contributed by atoms with Crippen LogP contribution in [-0.2, 0) is 10.0 Å². The lowest BCUT2D eigenvalue weighted by atomic mass is 10.3. The number of hydrogen-bond donors (Lipinski definition) is 2. The Kier molecular flexibility index (Phi) is 3.07. The fourth-order valence-electron chi connectivity index (χ4n) is 1.88. The molecular weight excluding hydrogens is 247 g/mol. The molecule has 1 aromatic carbocycles. The van der Waals surface area contributed by atoms with Crippen LogP contribution in [0.3, 0.4) is 0 Å². The van der Waals surface area contributed by atoms with Gasteiger partial charge < -0.3 is 10.0 Å². The number of benzene rings is 1. The molecule has 1 saturated heterocycles. The van der Waals surface area contributed by atoms with Crippen LogP contribution >= 0.6 is 0 Å². The Morgan fingerprint density at radius 3 is 2.65 bits per heavy atom. The summed E-state index contributed by atoms with van der Waals surface area (Å²) in [6.45, 7) is 0.901. The molecule has 1 atom stereocenters. The second-order valence-corrected chi connectivity index (χ2v) is 5.61. The Hall–Kier alpha value is -1.18. The Morgan fingerprint density at radius 1 is 1.47 bits per heavy atom. The number of anilines is 1.